The van der Waals surface area contributed by atoms with Crippen molar-refractivity contribution >= 4 is 11.9 Å². The zero-order valence-electron chi connectivity index (χ0n) is 18.1. The zero-order chi connectivity index (χ0) is 20.9. The number of nitrogens with zero attached hydrogens (tertiary/aromatic N) is 2. The summed E-state index contributed by atoms with van der Waals surface area (Å²) in [6.45, 7) is 8.24. The van der Waals surface area contributed by atoms with E-state index < -0.39 is 0 Å². The minimum absolute atomic E-state index is 0.0939. The fraction of sp³-hybridized carbons (Fsp3) is 0.636. The number of ether oxygens (including phenoxy) is 2. The molecule has 0 atom stereocenters. The van der Waals surface area contributed by atoms with Crippen LogP contribution in [0.5, 0.6) is 11.5 Å². The highest BCUT2D eigenvalue weighted by Crippen LogP contribution is 2.35. The highest BCUT2D eigenvalue weighted by Gasteiger charge is 2.27. The Labute approximate surface area is 173 Å². The van der Waals surface area contributed by atoms with Gasteiger partial charge in [-0.25, -0.2) is 0 Å². The number of likely N-dealkylation sites (tertiary alicyclic amines) is 1. The molecule has 7 heteroatoms. The molecule has 2 aliphatic heterocycles. The molecule has 1 saturated heterocycles. The van der Waals surface area contributed by atoms with E-state index >= 15 is 0 Å². The number of guanidine groups is 1. The molecule has 3 rings (SSSR count). The van der Waals surface area contributed by atoms with Gasteiger partial charge in [0.15, 0.2) is 17.5 Å². The average molecular weight is 403 g/mol. The second kappa shape index (κ2) is 9.37. The minimum Gasteiger partial charge on any atom is -0.486 e. The lowest BCUT2D eigenvalue weighted by molar-refractivity contribution is -0.121. The third kappa shape index (κ3) is 5.34. The molecule has 0 radical (unpaired) electrons. The normalized spacial score (nSPS) is 17.8. The van der Waals surface area contributed by atoms with Crippen molar-refractivity contribution in [2.75, 3.05) is 46.9 Å². The van der Waals surface area contributed by atoms with E-state index in [-0.39, 0.29) is 11.3 Å². The van der Waals surface area contributed by atoms with Gasteiger partial charge in [-0.05, 0) is 36.5 Å². The molecule has 0 unspecified atom stereocenters. The molecule has 2 N–H and O–H groups in total. The Balaban J connectivity index is 1.55. The topological polar surface area (TPSA) is 75.2 Å². The highest BCUT2D eigenvalue weighted by molar-refractivity contribution is 5.80. The highest BCUT2D eigenvalue weighted by atomic mass is 16.6. The molecule has 0 bridgehead atoms. The Kier molecular flexibility index (Phi) is 6.87. The first kappa shape index (κ1) is 21.3. The predicted molar refractivity (Wildman–Crippen MR) is 115 cm³/mol. The number of carbonyl (C=O) groups excluding carboxylic acids is 1. The number of fused-ring (bicyclic) bond motifs is 1. The third-order valence-electron chi connectivity index (χ3n) is 5.89. The molecule has 0 spiro atoms. The first-order valence-electron chi connectivity index (χ1n) is 10.5. The summed E-state index contributed by atoms with van der Waals surface area (Å²) in [5.41, 5.74) is 1.11. The van der Waals surface area contributed by atoms with Crippen molar-refractivity contribution < 1.29 is 14.3 Å². The predicted octanol–water partition coefficient (Wildman–Crippen LogP) is 2.16. The van der Waals surface area contributed by atoms with Crippen molar-refractivity contribution in [3.05, 3.63) is 23.8 Å². The maximum absolute atomic E-state index is 11.6. The number of piperidine rings is 1. The fourth-order valence-electron chi connectivity index (χ4n) is 3.91. The lowest BCUT2D eigenvalue weighted by Gasteiger charge is -2.35. The first-order chi connectivity index (χ1) is 13.9. The molecule has 1 amide bonds. The van der Waals surface area contributed by atoms with E-state index in [0.717, 1.165) is 49.9 Å². The van der Waals surface area contributed by atoms with Gasteiger partial charge in [0, 0.05) is 45.6 Å². The van der Waals surface area contributed by atoms with E-state index in [9.17, 15) is 4.79 Å². The molecule has 1 aromatic rings. The van der Waals surface area contributed by atoms with Crippen LogP contribution in [-0.2, 0) is 10.2 Å². The number of benzene rings is 1. The van der Waals surface area contributed by atoms with E-state index in [1.165, 1.54) is 5.56 Å². The molecular formula is C22H34N4O3. The standard InChI is InChI=1S/C22H34N4O3/c1-22(2,17-5-6-18-19(14-17)29-12-11-28-18)15-25-21(24-4)26-9-7-16(8-10-26)13-20(27)23-3/h5-6,14,16H,7-13,15H2,1-4H3,(H,23,27)(H,24,25). The van der Waals surface area contributed by atoms with Gasteiger partial charge in [0.1, 0.15) is 13.2 Å². The van der Waals surface area contributed by atoms with Crippen LogP contribution in [0, 0.1) is 5.92 Å². The summed E-state index contributed by atoms with van der Waals surface area (Å²) in [5, 5.41) is 6.27. The van der Waals surface area contributed by atoms with Crippen LogP contribution in [0.1, 0.15) is 38.7 Å². The van der Waals surface area contributed by atoms with Crippen LogP contribution in [0.4, 0.5) is 0 Å². The molecule has 2 aliphatic rings. The summed E-state index contributed by atoms with van der Waals surface area (Å²) < 4.78 is 11.4. The molecule has 0 saturated carbocycles. The largest absolute Gasteiger partial charge is 0.486 e. The van der Waals surface area contributed by atoms with E-state index in [1.54, 1.807) is 7.05 Å². The van der Waals surface area contributed by atoms with Crippen LogP contribution in [0.25, 0.3) is 0 Å². The lowest BCUT2D eigenvalue weighted by Crippen LogP contribution is -2.48. The fourth-order valence-corrected chi connectivity index (χ4v) is 3.91. The van der Waals surface area contributed by atoms with Crippen LogP contribution in [0.2, 0.25) is 0 Å². The summed E-state index contributed by atoms with van der Waals surface area (Å²) in [7, 11) is 3.53. The molecule has 7 nitrogen and oxygen atoms in total. The van der Waals surface area contributed by atoms with Crippen LogP contribution in [-0.4, -0.2) is 63.7 Å². The summed E-state index contributed by atoms with van der Waals surface area (Å²) in [6, 6.07) is 6.20. The molecule has 1 aromatic carbocycles. The molecular weight excluding hydrogens is 368 g/mol. The van der Waals surface area contributed by atoms with Crippen LogP contribution in [0.15, 0.2) is 23.2 Å². The zero-order valence-corrected chi connectivity index (χ0v) is 18.1. The van der Waals surface area contributed by atoms with E-state index in [1.807, 2.05) is 13.1 Å². The van der Waals surface area contributed by atoms with Gasteiger partial charge in [-0.15, -0.1) is 0 Å². The Hall–Kier alpha value is -2.44. The van der Waals surface area contributed by atoms with Gasteiger partial charge in [-0.3, -0.25) is 9.79 Å². The second-order valence-corrected chi connectivity index (χ2v) is 8.45. The van der Waals surface area contributed by atoms with Gasteiger partial charge < -0.3 is 25.0 Å². The number of aliphatic imine (C=N–C) groups is 1. The van der Waals surface area contributed by atoms with E-state index in [2.05, 4.69) is 46.5 Å². The van der Waals surface area contributed by atoms with Crippen molar-refractivity contribution in [2.45, 2.75) is 38.5 Å². The van der Waals surface area contributed by atoms with Gasteiger partial charge in [0.05, 0.1) is 0 Å². The number of hydrogen-bond donors (Lipinski definition) is 2. The van der Waals surface area contributed by atoms with Gasteiger partial charge in [-0.2, -0.15) is 0 Å². The molecule has 2 heterocycles. The number of amides is 1. The molecule has 1 fully saturated rings. The smallest absolute Gasteiger partial charge is 0.220 e. The van der Waals surface area contributed by atoms with Crippen LogP contribution >= 0.6 is 0 Å². The number of rotatable bonds is 5. The second-order valence-electron chi connectivity index (χ2n) is 8.45. The van der Waals surface area contributed by atoms with Crippen LogP contribution < -0.4 is 20.1 Å². The van der Waals surface area contributed by atoms with Crippen LogP contribution in [0.3, 0.4) is 0 Å². The molecule has 0 aliphatic carbocycles. The van der Waals surface area contributed by atoms with Crippen molar-refractivity contribution in [1.82, 2.24) is 15.5 Å². The molecule has 29 heavy (non-hydrogen) atoms. The molecule has 160 valence electrons. The number of carbonyl (C=O) groups is 1. The SMILES string of the molecule is CN=C(NCC(C)(C)c1ccc2c(c1)OCCO2)N1CCC(CC(=O)NC)CC1. The Morgan fingerprint density at radius 2 is 1.90 bits per heavy atom. The maximum Gasteiger partial charge on any atom is 0.220 e. The van der Waals surface area contributed by atoms with Gasteiger partial charge >= 0.3 is 0 Å². The Morgan fingerprint density at radius 3 is 2.55 bits per heavy atom. The summed E-state index contributed by atoms with van der Waals surface area (Å²) in [4.78, 5) is 18.4. The van der Waals surface area contributed by atoms with E-state index in [0.29, 0.717) is 25.6 Å². The van der Waals surface area contributed by atoms with E-state index in [4.69, 9.17) is 9.47 Å². The lowest BCUT2D eigenvalue weighted by atomic mass is 9.84. The average Bonchev–Trinajstić information content (AvgIpc) is 2.74. The summed E-state index contributed by atoms with van der Waals surface area (Å²) in [5.74, 6) is 3.16. The Bertz CT molecular complexity index is 740. The monoisotopic (exact) mass is 402 g/mol. The molecule has 0 aromatic heterocycles. The summed E-state index contributed by atoms with van der Waals surface area (Å²) in [6.07, 6.45) is 2.65. The van der Waals surface area contributed by atoms with Crippen molar-refractivity contribution in [1.29, 1.82) is 0 Å². The Morgan fingerprint density at radius 1 is 1.21 bits per heavy atom. The van der Waals surface area contributed by atoms with Crippen molar-refractivity contribution in [2.24, 2.45) is 10.9 Å². The van der Waals surface area contributed by atoms with Gasteiger partial charge in [-0.1, -0.05) is 19.9 Å². The number of hydrogen-bond acceptors (Lipinski definition) is 4. The van der Waals surface area contributed by atoms with Crippen molar-refractivity contribution in [3.8, 4) is 11.5 Å². The van der Waals surface area contributed by atoms with Crippen molar-refractivity contribution in [3.63, 3.8) is 0 Å². The quantitative estimate of drug-likeness (QED) is 0.583. The minimum atomic E-state index is -0.0939. The number of nitrogens with one attached hydrogen (secondary N) is 2. The van der Waals surface area contributed by atoms with Gasteiger partial charge in [0.25, 0.3) is 0 Å². The third-order valence-corrected chi connectivity index (χ3v) is 5.89. The first-order valence-corrected chi connectivity index (χ1v) is 10.5. The van der Waals surface area contributed by atoms with Gasteiger partial charge in [0.2, 0.25) is 5.91 Å². The summed E-state index contributed by atoms with van der Waals surface area (Å²) >= 11 is 0. The maximum atomic E-state index is 11.6.